The molecule has 0 aliphatic carbocycles. The van der Waals surface area contributed by atoms with Crippen molar-refractivity contribution in [3.63, 3.8) is 0 Å². The number of nitrogens with zero attached hydrogens (tertiary/aromatic N) is 4. The van der Waals surface area contributed by atoms with Crippen molar-refractivity contribution >= 4 is 5.82 Å². The summed E-state index contributed by atoms with van der Waals surface area (Å²) in [5.41, 5.74) is 1.09. The monoisotopic (exact) mass is 276 g/mol. The summed E-state index contributed by atoms with van der Waals surface area (Å²) in [4.78, 5) is 13.9. The number of anilines is 1. The molecule has 0 spiro atoms. The predicted octanol–water partition coefficient (Wildman–Crippen LogP) is 1.59. The summed E-state index contributed by atoms with van der Waals surface area (Å²) in [6.45, 7) is 2.89. The van der Waals surface area contributed by atoms with Gasteiger partial charge in [-0.15, -0.1) is 0 Å². The number of hydrogen-bond donors (Lipinski definition) is 1. The topological polar surface area (TPSA) is 52.5 Å². The van der Waals surface area contributed by atoms with E-state index in [1.807, 2.05) is 12.4 Å². The minimum Gasteiger partial charge on any atom is -0.393 e. The Bertz CT molecular complexity index is 445. The van der Waals surface area contributed by atoms with Gasteiger partial charge in [-0.1, -0.05) is 6.42 Å². The molecule has 3 rings (SSSR count). The van der Waals surface area contributed by atoms with Crippen LogP contribution in [0, 0.1) is 0 Å². The van der Waals surface area contributed by atoms with Crippen molar-refractivity contribution in [2.75, 3.05) is 31.6 Å². The molecule has 1 N–H and O–H groups in total. The van der Waals surface area contributed by atoms with Crippen LogP contribution < -0.4 is 4.90 Å². The Morgan fingerprint density at radius 1 is 1.10 bits per heavy atom. The molecule has 2 aliphatic rings. The second-order valence-electron chi connectivity index (χ2n) is 6.01. The second kappa shape index (κ2) is 6.06. The lowest BCUT2D eigenvalue weighted by Crippen LogP contribution is -2.37. The lowest BCUT2D eigenvalue weighted by molar-refractivity contribution is 0.145. The molecule has 5 heteroatoms. The van der Waals surface area contributed by atoms with Crippen LogP contribution in [-0.2, 0) is 0 Å². The Kier molecular flexibility index (Phi) is 4.17. The maximum Gasteiger partial charge on any atom is 0.147 e. The normalized spacial score (nSPS) is 25.9. The highest BCUT2D eigenvalue weighted by Gasteiger charge is 2.24. The fraction of sp³-hybridized carbons (Fsp3) is 0.733. The van der Waals surface area contributed by atoms with Gasteiger partial charge in [0, 0.05) is 13.1 Å². The number of piperidine rings is 2. The molecule has 0 saturated carbocycles. The smallest absolute Gasteiger partial charge is 0.147 e. The molecule has 0 aromatic carbocycles. The summed E-state index contributed by atoms with van der Waals surface area (Å²) in [6, 6.07) is 0.409. The Balaban J connectivity index is 1.75. The van der Waals surface area contributed by atoms with E-state index >= 15 is 0 Å². The van der Waals surface area contributed by atoms with Gasteiger partial charge >= 0.3 is 0 Å². The predicted molar refractivity (Wildman–Crippen MR) is 78.7 cm³/mol. The van der Waals surface area contributed by atoms with E-state index in [1.54, 1.807) is 0 Å². The van der Waals surface area contributed by atoms with Crippen molar-refractivity contribution < 1.29 is 5.11 Å². The molecule has 5 nitrogen and oxygen atoms in total. The van der Waals surface area contributed by atoms with E-state index < -0.39 is 0 Å². The fourth-order valence-corrected chi connectivity index (χ4v) is 3.23. The van der Waals surface area contributed by atoms with Crippen molar-refractivity contribution in [1.82, 2.24) is 14.9 Å². The largest absolute Gasteiger partial charge is 0.393 e. The van der Waals surface area contributed by atoms with Crippen LogP contribution in [0.5, 0.6) is 0 Å². The van der Waals surface area contributed by atoms with Gasteiger partial charge in [0.25, 0.3) is 0 Å². The zero-order valence-corrected chi connectivity index (χ0v) is 12.2. The maximum absolute atomic E-state index is 9.60. The Morgan fingerprint density at radius 2 is 1.90 bits per heavy atom. The van der Waals surface area contributed by atoms with Crippen molar-refractivity contribution in [2.24, 2.45) is 0 Å². The molecule has 2 saturated heterocycles. The van der Waals surface area contributed by atoms with Gasteiger partial charge in [-0.25, -0.2) is 4.98 Å². The van der Waals surface area contributed by atoms with Gasteiger partial charge in [0.1, 0.15) is 5.82 Å². The molecule has 0 unspecified atom stereocenters. The number of likely N-dealkylation sites (tertiary alicyclic amines) is 1. The average molecular weight is 276 g/mol. The van der Waals surface area contributed by atoms with Crippen molar-refractivity contribution in [3.8, 4) is 0 Å². The summed E-state index contributed by atoms with van der Waals surface area (Å²) < 4.78 is 0. The van der Waals surface area contributed by atoms with Gasteiger partial charge in [0.15, 0.2) is 0 Å². The highest BCUT2D eigenvalue weighted by atomic mass is 16.3. The van der Waals surface area contributed by atoms with Gasteiger partial charge in [-0.05, 0) is 39.3 Å². The minimum absolute atomic E-state index is 0.146. The number of aliphatic hydroxyl groups excluding tert-OH is 1. The van der Waals surface area contributed by atoms with E-state index in [0.29, 0.717) is 6.04 Å². The van der Waals surface area contributed by atoms with Crippen LogP contribution in [0.3, 0.4) is 0 Å². The van der Waals surface area contributed by atoms with Gasteiger partial charge in [-0.3, -0.25) is 9.88 Å². The van der Waals surface area contributed by atoms with Crippen LogP contribution in [0.2, 0.25) is 0 Å². The van der Waals surface area contributed by atoms with Crippen molar-refractivity contribution in [3.05, 3.63) is 18.1 Å². The standard InChI is InChI=1S/C15H24N4O/c1-18-7-3-2-4-14(18)13-10-16-11-15(17-13)19-8-5-12(20)6-9-19/h10-12,14,20H,2-9H2,1H3/t14-/m1/s1. The third-order valence-corrected chi connectivity index (χ3v) is 4.54. The Hall–Kier alpha value is -1.20. The van der Waals surface area contributed by atoms with E-state index in [9.17, 15) is 5.11 Å². The first kappa shape index (κ1) is 13.8. The van der Waals surface area contributed by atoms with E-state index in [4.69, 9.17) is 4.98 Å². The molecule has 0 radical (unpaired) electrons. The van der Waals surface area contributed by atoms with Crippen molar-refractivity contribution in [1.29, 1.82) is 0 Å². The quantitative estimate of drug-likeness (QED) is 0.889. The number of hydrogen-bond acceptors (Lipinski definition) is 5. The van der Waals surface area contributed by atoms with Gasteiger partial charge in [-0.2, -0.15) is 0 Å². The highest BCUT2D eigenvalue weighted by molar-refractivity contribution is 5.37. The summed E-state index contributed by atoms with van der Waals surface area (Å²) >= 11 is 0. The zero-order valence-electron chi connectivity index (χ0n) is 12.2. The molecule has 20 heavy (non-hydrogen) atoms. The number of aromatic nitrogens is 2. The Morgan fingerprint density at radius 3 is 2.65 bits per heavy atom. The first-order valence-corrected chi connectivity index (χ1v) is 7.69. The second-order valence-corrected chi connectivity index (χ2v) is 6.01. The zero-order chi connectivity index (χ0) is 13.9. The molecular weight excluding hydrogens is 252 g/mol. The van der Waals surface area contributed by atoms with E-state index in [-0.39, 0.29) is 6.10 Å². The maximum atomic E-state index is 9.60. The van der Waals surface area contributed by atoms with Crippen molar-refractivity contribution in [2.45, 2.75) is 44.2 Å². The van der Waals surface area contributed by atoms with Crippen LogP contribution >= 0.6 is 0 Å². The molecule has 1 atom stereocenters. The first-order chi connectivity index (χ1) is 9.74. The molecule has 0 bridgehead atoms. The third-order valence-electron chi connectivity index (χ3n) is 4.54. The molecule has 1 aromatic heterocycles. The van der Waals surface area contributed by atoms with Crippen LogP contribution in [0.1, 0.15) is 43.8 Å². The molecule has 3 heterocycles. The van der Waals surface area contributed by atoms with Crippen LogP contribution in [0.25, 0.3) is 0 Å². The Labute approximate surface area is 120 Å². The van der Waals surface area contributed by atoms with Crippen LogP contribution in [-0.4, -0.2) is 52.8 Å². The van der Waals surface area contributed by atoms with Gasteiger partial charge < -0.3 is 10.0 Å². The SMILES string of the molecule is CN1CCCC[C@@H]1c1cncc(N2CCC(O)CC2)n1. The molecular formula is C15H24N4O. The summed E-state index contributed by atoms with van der Waals surface area (Å²) in [5.74, 6) is 0.966. The van der Waals surface area contributed by atoms with Gasteiger partial charge in [0.05, 0.1) is 30.2 Å². The highest BCUT2D eigenvalue weighted by Crippen LogP contribution is 2.29. The average Bonchev–Trinajstić information content (AvgIpc) is 2.49. The summed E-state index contributed by atoms with van der Waals surface area (Å²) in [5, 5.41) is 9.60. The van der Waals surface area contributed by atoms with E-state index in [1.165, 1.54) is 19.3 Å². The fourth-order valence-electron chi connectivity index (χ4n) is 3.23. The molecule has 1 aromatic rings. The number of aliphatic hydroxyl groups is 1. The summed E-state index contributed by atoms with van der Waals surface area (Å²) in [6.07, 6.45) is 9.00. The molecule has 110 valence electrons. The van der Waals surface area contributed by atoms with E-state index in [0.717, 1.165) is 44.0 Å². The molecule has 0 amide bonds. The minimum atomic E-state index is -0.146. The summed E-state index contributed by atoms with van der Waals surface area (Å²) in [7, 11) is 2.18. The van der Waals surface area contributed by atoms with Crippen LogP contribution in [0.15, 0.2) is 12.4 Å². The lowest BCUT2D eigenvalue weighted by Gasteiger charge is -2.33. The lowest BCUT2D eigenvalue weighted by atomic mass is 10.0. The molecule has 2 fully saturated rings. The third kappa shape index (κ3) is 2.94. The number of rotatable bonds is 2. The first-order valence-electron chi connectivity index (χ1n) is 7.69. The molecule has 2 aliphatic heterocycles. The van der Waals surface area contributed by atoms with E-state index in [2.05, 4.69) is 21.8 Å². The van der Waals surface area contributed by atoms with Gasteiger partial charge in [0.2, 0.25) is 0 Å². The van der Waals surface area contributed by atoms with Crippen LogP contribution in [0.4, 0.5) is 5.82 Å².